The van der Waals surface area contributed by atoms with Crippen LogP contribution in [0.25, 0.3) is 121 Å². The maximum absolute atomic E-state index is 6.36. The number of nitrogens with zero attached hydrogens (tertiary/aromatic N) is 4. The summed E-state index contributed by atoms with van der Waals surface area (Å²) in [6, 6.07) is 71.7. The van der Waals surface area contributed by atoms with E-state index in [2.05, 4.69) is 158 Å². The fraction of sp³-hybridized carbons (Fsp3) is 0. The first-order chi connectivity index (χ1) is 30.7. The molecule has 0 fully saturated rings. The Morgan fingerprint density at radius 1 is 0.323 bits per heavy atom. The molecule has 12 aromatic rings. The van der Waals surface area contributed by atoms with Crippen LogP contribution in [0, 0.1) is 0 Å². The van der Waals surface area contributed by atoms with E-state index in [4.69, 9.17) is 24.4 Å². The third-order valence-electron chi connectivity index (χ3n) is 11.6. The number of benzene rings is 9. The van der Waals surface area contributed by atoms with Gasteiger partial charge in [-0.1, -0.05) is 158 Å². The van der Waals surface area contributed by atoms with Gasteiger partial charge in [0, 0.05) is 42.4 Å². The van der Waals surface area contributed by atoms with Gasteiger partial charge in [-0.15, -0.1) is 11.3 Å². The average molecular weight is 811 g/mol. The predicted octanol–water partition coefficient (Wildman–Crippen LogP) is 15.2. The third kappa shape index (κ3) is 6.42. The second-order valence-electron chi connectivity index (χ2n) is 15.4. The van der Waals surface area contributed by atoms with Gasteiger partial charge in [0.15, 0.2) is 23.1 Å². The van der Waals surface area contributed by atoms with Crippen LogP contribution in [0.15, 0.2) is 211 Å². The lowest BCUT2D eigenvalue weighted by atomic mass is 9.98. The second-order valence-corrected chi connectivity index (χ2v) is 16.5. The molecule has 0 aliphatic rings. The van der Waals surface area contributed by atoms with E-state index in [9.17, 15) is 0 Å². The van der Waals surface area contributed by atoms with E-state index in [1.165, 1.54) is 15.8 Å². The van der Waals surface area contributed by atoms with Crippen LogP contribution in [0.1, 0.15) is 0 Å². The van der Waals surface area contributed by atoms with Gasteiger partial charge in [0.05, 0.1) is 0 Å². The molecule has 0 bridgehead atoms. The highest BCUT2D eigenvalue weighted by atomic mass is 32.1. The summed E-state index contributed by atoms with van der Waals surface area (Å²) < 4.78 is 8.70. The monoisotopic (exact) mass is 810 g/mol. The molecular weight excluding hydrogens is 777 g/mol. The molecule has 0 aliphatic carbocycles. The van der Waals surface area contributed by atoms with Crippen molar-refractivity contribution in [3.63, 3.8) is 0 Å². The fourth-order valence-corrected chi connectivity index (χ4v) is 9.58. The number of rotatable bonds is 7. The summed E-state index contributed by atoms with van der Waals surface area (Å²) in [4.78, 5) is 20.7. The van der Waals surface area contributed by atoms with E-state index in [1.54, 1.807) is 11.3 Å². The molecule has 0 N–H and O–H groups in total. The van der Waals surface area contributed by atoms with Crippen molar-refractivity contribution in [1.29, 1.82) is 0 Å². The van der Waals surface area contributed by atoms with Crippen LogP contribution in [-0.2, 0) is 0 Å². The van der Waals surface area contributed by atoms with Gasteiger partial charge in [-0.2, -0.15) is 0 Å². The lowest BCUT2D eigenvalue weighted by molar-refractivity contribution is 0.620. The van der Waals surface area contributed by atoms with Crippen molar-refractivity contribution in [2.75, 3.05) is 0 Å². The van der Waals surface area contributed by atoms with E-state index >= 15 is 0 Å². The molecule has 0 atom stereocenters. The lowest BCUT2D eigenvalue weighted by Crippen LogP contribution is -2.00. The van der Waals surface area contributed by atoms with Crippen molar-refractivity contribution in [2.45, 2.75) is 0 Å². The van der Waals surface area contributed by atoms with Crippen LogP contribution in [-0.4, -0.2) is 19.9 Å². The highest BCUT2D eigenvalue weighted by molar-refractivity contribution is 7.26. The van der Waals surface area contributed by atoms with Gasteiger partial charge in [0.25, 0.3) is 0 Å². The van der Waals surface area contributed by atoms with Gasteiger partial charge < -0.3 is 4.42 Å². The minimum atomic E-state index is 0.603. The van der Waals surface area contributed by atoms with E-state index in [-0.39, 0.29) is 0 Å². The van der Waals surface area contributed by atoms with Crippen molar-refractivity contribution in [3.05, 3.63) is 206 Å². The van der Waals surface area contributed by atoms with Crippen LogP contribution in [0.3, 0.4) is 0 Å². The molecule has 0 amide bonds. The Kier molecular flexibility index (Phi) is 8.61. The van der Waals surface area contributed by atoms with E-state index < -0.39 is 0 Å². The Bertz CT molecular complexity index is 3620. The Hall–Kier alpha value is -8.06. The Labute approximate surface area is 361 Å². The summed E-state index contributed by atoms with van der Waals surface area (Å²) in [5, 5.41) is 4.49. The molecule has 9 aromatic carbocycles. The zero-order valence-electron chi connectivity index (χ0n) is 33.2. The highest BCUT2D eigenvalue weighted by Gasteiger charge is 2.19. The molecule has 6 heteroatoms. The SMILES string of the molecule is c1ccc(-c2cccc(-c3ccc(-c4nc(-c5cccc(-c6ccccc6)c5)nc(-c5ccc6ccc7sc8ccc9oc(-c%10ccccc%10)nc9c8c7c6c5)n4)cc3)c2)cc1. The van der Waals surface area contributed by atoms with Gasteiger partial charge >= 0.3 is 0 Å². The summed E-state index contributed by atoms with van der Waals surface area (Å²) in [7, 11) is 0. The van der Waals surface area contributed by atoms with Crippen LogP contribution >= 0.6 is 11.3 Å². The van der Waals surface area contributed by atoms with Gasteiger partial charge in [0.2, 0.25) is 5.89 Å². The van der Waals surface area contributed by atoms with Gasteiger partial charge in [-0.05, 0) is 92.7 Å². The zero-order chi connectivity index (χ0) is 41.0. The summed E-state index contributed by atoms with van der Waals surface area (Å²) in [6.45, 7) is 0. The molecule has 0 saturated carbocycles. The normalized spacial score (nSPS) is 11.5. The number of fused-ring (bicyclic) bond motifs is 7. The molecule has 3 heterocycles. The Balaban J connectivity index is 1.01. The number of hydrogen-bond acceptors (Lipinski definition) is 6. The van der Waals surface area contributed by atoms with Crippen LogP contribution in [0.5, 0.6) is 0 Å². The number of thiophene rings is 1. The number of aromatic nitrogens is 4. The standard InChI is InChI=1S/C56H34N4OS/c1-4-12-35(13-5-1)41-18-10-19-42(32-41)37-22-25-39(26-23-37)53-58-54(44-21-11-20-43(33-44)36-14-6-2-7-15-36)60-55(59-53)45-27-24-38-28-30-48-50(46(38)34-45)51-49(62-48)31-29-47-52(51)57-56(61-47)40-16-8-3-9-17-40/h1-34H. The summed E-state index contributed by atoms with van der Waals surface area (Å²) in [6.07, 6.45) is 0. The van der Waals surface area contributed by atoms with Crippen molar-refractivity contribution >= 4 is 53.4 Å². The highest BCUT2D eigenvalue weighted by Crippen LogP contribution is 2.43. The molecule has 3 aromatic heterocycles. The molecule has 0 saturated heterocycles. The smallest absolute Gasteiger partial charge is 0.227 e. The van der Waals surface area contributed by atoms with E-state index in [1.807, 2.05) is 48.5 Å². The third-order valence-corrected chi connectivity index (χ3v) is 12.7. The zero-order valence-corrected chi connectivity index (χ0v) is 34.1. The summed E-state index contributed by atoms with van der Waals surface area (Å²) >= 11 is 1.77. The Morgan fingerprint density at radius 2 is 0.774 bits per heavy atom. The number of oxazole rings is 1. The molecule has 5 nitrogen and oxygen atoms in total. The van der Waals surface area contributed by atoms with Gasteiger partial charge in [-0.25, -0.2) is 19.9 Å². The first-order valence-electron chi connectivity index (χ1n) is 20.6. The molecule has 0 spiro atoms. The molecule has 62 heavy (non-hydrogen) atoms. The molecule has 0 radical (unpaired) electrons. The molecule has 0 aliphatic heterocycles. The molecular formula is C56H34N4OS. The molecule has 0 unspecified atom stereocenters. The maximum Gasteiger partial charge on any atom is 0.227 e. The fourth-order valence-electron chi connectivity index (χ4n) is 8.46. The van der Waals surface area contributed by atoms with Crippen molar-refractivity contribution in [3.8, 4) is 79.0 Å². The topological polar surface area (TPSA) is 64.7 Å². The quantitative estimate of drug-likeness (QED) is 0.160. The van der Waals surface area contributed by atoms with Crippen LogP contribution < -0.4 is 0 Å². The minimum absolute atomic E-state index is 0.603. The minimum Gasteiger partial charge on any atom is -0.436 e. The van der Waals surface area contributed by atoms with Crippen LogP contribution in [0.2, 0.25) is 0 Å². The number of hydrogen-bond donors (Lipinski definition) is 0. The largest absolute Gasteiger partial charge is 0.436 e. The second kappa shape index (κ2) is 14.9. The predicted molar refractivity (Wildman–Crippen MR) is 256 cm³/mol. The van der Waals surface area contributed by atoms with Crippen molar-refractivity contribution < 1.29 is 4.42 Å². The van der Waals surface area contributed by atoms with Crippen LogP contribution in [0.4, 0.5) is 0 Å². The van der Waals surface area contributed by atoms with Gasteiger partial charge in [0.1, 0.15) is 5.52 Å². The molecule has 12 rings (SSSR count). The Morgan fingerprint density at radius 3 is 1.42 bits per heavy atom. The van der Waals surface area contributed by atoms with E-state index in [0.717, 1.165) is 81.9 Å². The lowest BCUT2D eigenvalue weighted by Gasteiger charge is -2.11. The van der Waals surface area contributed by atoms with Crippen molar-refractivity contribution in [2.24, 2.45) is 0 Å². The van der Waals surface area contributed by atoms with Gasteiger partial charge in [-0.3, -0.25) is 0 Å². The molecule has 290 valence electrons. The van der Waals surface area contributed by atoms with Crippen molar-refractivity contribution in [1.82, 2.24) is 19.9 Å². The first kappa shape index (κ1) is 35.8. The first-order valence-corrected chi connectivity index (χ1v) is 21.4. The van der Waals surface area contributed by atoms with E-state index in [0.29, 0.717) is 23.4 Å². The summed E-state index contributed by atoms with van der Waals surface area (Å²) in [5.74, 6) is 2.44. The average Bonchev–Trinajstić information content (AvgIpc) is 3.97. The summed E-state index contributed by atoms with van der Waals surface area (Å²) in [5.41, 5.74) is 12.2. The maximum atomic E-state index is 6.36.